The first-order valence-electron chi connectivity index (χ1n) is 8.43. The highest BCUT2D eigenvalue weighted by atomic mass is 16.5. The Balaban J connectivity index is 1.94. The normalized spacial score (nSPS) is 10.8. The monoisotopic (exact) mass is 361 g/mol. The van der Waals surface area contributed by atoms with Gasteiger partial charge in [0.05, 0.1) is 0 Å². The molecule has 5 heteroatoms. The Hall–Kier alpha value is -3.52. The molecule has 138 valence electrons. The molecule has 0 spiro atoms. The van der Waals surface area contributed by atoms with Crippen molar-refractivity contribution in [2.45, 2.75) is 26.2 Å². The molecule has 1 aromatic heterocycles. The van der Waals surface area contributed by atoms with Crippen LogP contribution in [0, 0.1) is 11.8 Å². The van der Waals surface area contributed by atoms with Gasteiger partial charge in [0, 0.05) is 28.3 Å². The number of benzene rings is 1. The first-order valence-corrected chi connectivity index (χ1v) is 8.43. The minimum atomic E-state index is -0.398. The molecule has 2 rings (SSSR count). The maximum absolute atomic E-state index is 12.1. The van der Waals surface area contributed by atoms with Crippen LogP contribution >= 0.6 is 0 Å². The van der Waals surface area contributed by atoms with E-state index in [1.54, 1.807) is 36.4 Å². The van der Waals surface area contributed by atoms with E-state index in [2.05, 4.69) is 40.8 Å². The number of hydrogen-bond acceptors (Lipinski definition) is 3. The fourth-order valence-electron chi connectivity index (χ4n) is 1.98. The molecule has 1 aromatic carbocycles. The number of nitrogens with one attached hydrogen (secondary N) is 2. The lowest BCUT2D eigenvalue weighted by Gasteiger charge is -2.12. The van der Waals surface area contributed by atoms with Crippen molar-refractivity contribution in [2.24, 2.45) is 0 Å². The number of urea groups is 1. The van der Waals surface area contributed by atoms with Crippen LogP contribution in [0.2, 0.25) is 0 Å². The quantitative estimate of drug-likeness (QED) is 0.576. The number of anilines is 2. The Bertz CT molecular complexity index is 917. The van der Waals surface area contributed by atoms with Crippen LogP contribution in [0.4, 0.5) is 16.3 Å². The van der Waals surface area contributed by atoms with Crippen LogP contribution in [0.25, 0.3) is 0 Å². The number of allylic oxidation sites excluding steroid dienone is 4. The van der Waals surface area contributed by atoms with Crippen molar-refractivity contribution in [1.82, 2.24) is 5.16 Å². The first-order chi connectivity index (χ1) is 12.8. The molecule has 27 heavy (non-hydrogen) atoms. The Kier molecular flexibility index (Phi) is 6.40. The van der Waals surface area contributed by atoms with Gasteiger partial charge in [-0.2, -0.15) is 0 Å². The summed E-state index contributed by atoms with van der Waals surface area (Å²) < 4.78 is 5.24. The van der Waals surface area contributed by atoms with Crippen molar-refractivity contribution in [3.8, 4) is 11.8 Å². The Morgan fingerprint density at radius 3 is 2.52 bits per heavy atom. The minimum Gasteiger partial charge on any atom is -0.359 e. The van der Waals surface area contributed by atoms with Gasteiger partial charge in [0.2, 0.25) is 0 Å². The van der Waals surface area contributed by atoms with Gasteiger partial charge >= 0.3 is 6.03 Å². The van der Waals surface area contributed by atoms with Crippen molar-refractivity contribution in [3.63, 3.8) is 0 Å². The van der Waals surface area contributed by atoms with E-state index in [1.165, 1.54) is 0 Å². The molecule has 5 nitrogen and oxygen atoms in total. The molecule has 0 atom stereocenters. The van der Waals surface area contributed by atoms with Crippen molar-refractivity contribution in [1.29, 1.82) is 0 Å². The number of nitrogens with zero attached hydrogens (tertiary/aromatic N) is 1. The number of aromatic nitrogens is 1. The van der Waals surface area contributed by atoms with E-state index in [9.17, 15) is 4.79 Å². The van der Waals surface area contributed by atoms with E-state index in [0.717, 1.165) is 5.56 Å². The summed E-state index contributed by atoms with van der Waals surface area (Å²) in [4.78, 5) is 12.1. The van der Waals surface area contributed by atoms with E-state index in [0.29, 0.717) is 22.8 Å². The largest absolute Gasteiger partial charge is 0.359 e. The van der Waals surface area contributed by atoms with E-state index in [-0.39, 0.29) is 5.41 Å². The van der Waals surface area contributed by atoms with Crippen LogP contribution in [0.1, 0.15) is 32.1 Å². The number of carbonyl (C=O) groups excluding carboxylic acids is 1. The van der Waals surface area contributed by atoms with Gasteiger partial charge in [0.25, 0.3) is 0 Å². The lowest BCUT2D eigenvalue weighted by atomic mass is 9.93. The zero-order chi connectivity index (χ0) is 19.9. The second-order valence-corrected chi connectivity index (χ2v) is 6.85. The predicted molar refractivity (Wildman–Crippen MR) is 110 cm³/mol. The first kappa shape index (κ1) is 19.8. The molecular weight excluding hydrogens is 338 g/mol. The minimum absolute atomic E-state index is 0.174. The van der Waals surface area contributed by atoms with E-state index < -0.39 is 6.03 Å². The highest BCUT2D eigenvalue weighted by molar-refractivity contribution is 5.99. The highest BCUT2D eigenvalue weighted by Gasteiger charge is 2.20. The summed E-state index contributed by atoms with van der Waals surface area (Å²) in [7, 11) is 0. The van der Waals surface area contributed by atoms with Crippen LogP contribution in [0.5, 0.6) is 0 Å². The average molecular weight is 361 g/mol. The van der Waals surface area contributed by atoms with Gasteiger partial charge in [-0.25, -0.2) is 4.79 Å². The molecular formula is C22H23N3O2. The summed E-state index contributed by atoms with van der Waals surface area (Å²) in [6.45, 7) is 13.5. The van der Waals surface area contributed by atoms with E-state index in [4.69, 9.17) is 4.52 Å². The molecule has 2 amide bonds. The van der Waals surface area contributed by atoms with Crippen LogP contribution in [-0.2, 0) is 5.41 Å². The molecule has 1 heterocycles. The molecule has 0 saturated carbocycles. The maximum atomic E-state index is 12.1. The fraction of sp³-hybridized carbons (Fsp3) is 0.182. The molecule has 0 fully saturated rings. The van der Waals surface area contributed by atoms with Crippen molar-refractivity contribution >= 4 is 17.5 Å². The van der Waals surface area contributed by atoms with Crippen LogP contribution in [0.15, 0.2) is 71.8 Å². The zero-order valence-corrected chi connectivity index (χ0v) is 15.8. The van der Waals surface area contributed by atoms with Gasteiger partial charge < -0.3 is 9.84 Å². The molecule has 2 aromatic rings. The summed E-state index contributed by atoms with van der Waals surface area (Å²) in [5.74, 6) is 7.01. The molecule has 0 unspecified atom stereocenters. The number of carbonyl (C=O) groups is 1. The molecule has 0 aliphatic rings. The summed E-state index contributed by atoms with van der Waals surface area (Å²) in [5.41, 5.74) is 1.98. The highest BCUT2D eigenvalue weighted by Crippen LogP contribution is 2.24. The molecule has 0 radical (unpaired) electrons. The molecule has 0 saturated heterocycles. The zero-order valence-electron chi connectivity index (χ0n) is 15.8. The standard InChI is InChI=1S/C22H23N3O2/c1-6-7-8-16(2)9-10-17-11-13-18(14-12-17)23-21(26)24-20-15-19(27-25-20)22(3,4)5/h6-8,11-15H,1-2H2,3-5H3,(H2,23,24,25,26)/b8-7-. The lowest BCUT2D eigenvalue weighted by Crippen LogP contribution is -2.19. The second-order valence-electron chi connectivity index (χ2n) is 6.85. The van der Waals surface area contributed by atoms with Crippen LogP contribution < -0.4 is 10.6 Å². The van der Waals surface area contributed by atoms with Gasteiger partial charge in [-0.15, -0.1) is 0 Å². The third-order valence-corrected chi connectivity index (χ3v) is 3.43. The smallest absolute Gasteiger partial charge is 0.324 e. The number of amides is 2. The van der Waals surface area contributed by atoms with Crippen molar-refractivity contribution < 1.29 is 9.32 Å². The predicted octanol–water partition coefficient (Wildman–Crippen LogP) is 5.27. The van der Waals surface area contributed by atoms with Gasteiger partial charge in [0.15, 0.2) is 5.82 Å². The third kappa shape index (κ3) is 6.37. The summed E-state index contributed by atoms with van der Waals surface area (Å²) >= 11 is 0. The molecule has 0 aliphatic heterocycles. The van der Waals surface area contributed by atoms with Gasteiger partial charge in [-0.3, -0.25) is 5.32 Å². The van der Waals surface area contributed by atoms with Crippen LogP contribution in [0.3, 0.4) is 0 Å². The Labute approximate surface area is 159 Å². The summed E-state index contributed by atoms with van der Waals surface area (Å²) in [6.07, 6.45) is 5.23. The summed E-state index contributed by atoms with van der Waals surface area (Å²) in [6, 6.07) is 8.50. The molecule has 0 aliphatic carbocycles. The van der Waals surface area contributed by atoms with Gasteiger partial charge in [-0.1, -0.05) is 63.1 Å². The third-order valence-electron chi connectivity index (χ3n) is 3.43. The number of rotatable bonds is 4. The van der Waals surface area contributed by atoms with Crippen molar-refractivity contribution in [3.05, 3.63) is 78.6 Å². The fourth-order valence-corrected chi connectivity index (χ4v) is 1.98. The van der Waals surface area contributed by atoms with Crippen molar-refractivity contribution in [2.75, 3.05) is 10.6 Å². The van der Waals surface area contributed by atoms with Gasteiger partial charge in [-0.05, 0) is 30.3 Å². The topological polar surface area (TPSA) is 67.2 Å². The second kappa shape index (κ2) is 8.72. The van der Waals surface area contributed by atoms with Crippen LogP contribution in [-0.4, -0.2) is 11.2 Å². The Morgan fingerprint density at radius 1 is 1.22 bits per heavy atom. The van der Waals surface area contributed by atoms with E-state index in [1.807, 2.05) is 32.9 Å². The van der Waals surface area contributed by atoms with E-state index >= 15 is 0 Å². The lowest BCUT2D eigenvalue weighted by molar-refractivity contribution is 0.262. The molecule has 0 bridgehead atoms. The Morgan fingerprint density at radius 2 is 1.93 bits per heavy atom. The number of hydrogen-bond donors (Lipinski definition) is 2. The SMILES string of the molecule is C=C/C=C\C(=C)C#Cc1ccc(NC(=O)Nc2cc(C(C)(C)C)on2)cc1. The average Bonchev–Trinajstić information content (AvgIpc) is 3.08. The summed E-state index contributed by atoms with van der Waals surface area (Å²) in [5, 5.41) is 9.24. The maximum Gasteiger partial charge on any atom is 0.324 e. The molecule has 2 N–H and O–H groups in total. The van der Waals surface area contributed by atoms with Gasteiger partial charge in [0.1, 0.15) is 5.76 Å².